The summed E-state index contributed by atoms with van der Waals surface area (Å²) in [4.78, 5) is 4.55. The molecule has 0 radical (unpaired) electrons. The quantitative estimate of drug-likeness (QED) is 0.555. The van der Waals surface area contributed by atoms with Crippen LogP contribution in [0.1, 0.15) is 0 Å². The van der Waals surface area contributed by atoms with Crippen molar-refractivity contribution in [2.75, 3.05) is 24.2 Å². The average molecular weight is 279 g/mol. The molecule has 106 valence electrons. The number of rotatable bonds is 5. The van der Waals surface area contributed by atoms with Crippen LogP contribution in [0.3, 0.4) is 0 Å². The highest BCUT2D eigenvalue weighted by atomic mass is 16.5. The highest BCUT2D eigenvalue weighted by molar-refractivity contribution is 5.80. The second-order valence-electron chi connectivity index (χ2n) is 4.73. The summed E-state index contributed by atoms with van der Waals surface area (Å²) in [5, 5.41) is 4.40. The molecule has 3 N–H and O–H groups in total. The Balaban J connectivity index is 1.53. The number of anilines is 2. The fourth-order valence-corrected chi connectivity index (χ4v) is 2.08. The molecule has 0 amide bonds. The fraction of sp³-hybridized carbons (Fsp3) is 0.118. The molecule has 3 aromatic rings. The number of hydrogen-bond donors (Lipinski definition) is 2. The third-order valence-corrected chi connectivity index (χ3v) is 3.16. The Labute approximate surface area is 123 Å². The van der Waals surface area contributed by atoms with Crippen LogP contribution in [0.5, 0.6) is 5.75 Å². The van der Waals surface area contributed by atoms with Crippen molar-refractivity contribution < 1.29 is 4.74 Å². The average Bonchev–Trinajstić information content (AvgIpc) is 2.53. The van der Waals surface area contributed by atoms with Gasteiger partial charge in [0.2, 0.25) is 0 Å². The zero-order chi connectivity index (χ0) is 14.5. The van der Waals surface area contributed by atoms with Gasteiger partial charge in [-0.3, -0.25) is 0 Å². The van der Waals surface area contributed by atoms with Gasteiger partial charge in [0.05, 0.1) is 12.1 Å². The van der Waals surface area contributed by atoms with E-state index in [4.69, 9.17) is 10.5 Å². The Morgan fingerprint density at radius 1 is 0.952 bits per heavy atom. The van der Waals surface area contributed by atoms with E-state index >= 15 is 0 Å². The van der Waals surface area contributed by atoms with Crippen LogP contribution < -0.4 is 15.8 Å². The summed E-state index contributed by atoms with van der Waals surface area (Å²) in [6.07, 6.45) is 0. The van der Waals surface area contributed by atoms with E-state index in [9.17, 15) is 0 Å². The van der Waals surface area contributed by atoms with Crippen molar-refractivity contribution in [2.24, 2.45) is 0 Å². The van der Waals surface area contributed by atoms with Gasteiger partial charge in [-0.2, -0.15) is 0 Å². The lowest BCUT2D eigenvalue weighted by Crippen LogP contribution is -2.12. The lowest BCUT2D eigenvalue weighted by Gasteiger charge is -2.09. The van der Waals surface area contributed by atoms with Crippen molar-refractivity contribution in [3.8, 4) is 5.75 Å². The molecule has 1 heterocycles. The maximum absolute atomic E-state index is 5.63. The lowest BCUT2D eigenvalue weighted by atomic mass is 10.2. The van der Waals surface area contributed by atoms with Crippen LogP contribution in [0.4, 0.5) is 11.5 Å². The molecule has 0 aliphatic rings. The summed E-state index contributed by atoms with van der Waals surface area (Å²) in [6.45, 7) is 1.26. The summed E-state index contributed by atoms with van der Waals surface area (Å²) in [5.41, 5.74) is 7.35. The molecule has 4 heteroatoms. The van der Waals surface area contributed by atoms with Crippen molar-refractivity contribution in [2.45, 2.75) is 0 Å². The van der Waals surface area contributed by atoms with E-state index in [0.29, 0.717) is 13.2 Å². The van der Waals surface area contributed by atoms with Gasteiger partial charge in [0.15, 0.2) is 0 Å². The zero-order valence-corrected chi connectivity index (χ0v) is 11.6. The van der Waals surface area contributed by atoms with Gasteiger partial charge < -0.3 is 15.8 Å². The van der Waals surface area contributed by atoms with Crippen LogP contribution in [0, 0.1) is 0 Å². The van der Waals surface area contributed by atoms with Crippen LogP contribution in [0.25, 0.3) is 10.9 Å². The smallest absolute Gasteiger partial charge is 0.126 e. The maximum Gasteiger partial charge on any atom is 0.126 e. The highest BCUT2D eigenvalue weighted by Crippen LogP contribution is 2.15. The first-order chi connectivity index (χ1) is 10.3. The zero-order valence-electron chi connectivity index (χ0n) is 11.6. The van der Waals surface area contributed by atoms with Crippen molar-refractivity contribution in [1.82, 2.24) is 4.98 Å². The first-order valence-corrected chi connectivity index (χ1v) is 6.89. The van der Waals surface area contributed by atoms with Crippen LogP contribution in [-0.4, -0.2) is 18.1 Å². The predicted molar refractivity (Wildman–Crippen MR) is 86.6 cm³/mol. The molecule has 0 saturated heterocycles. The van der Waals surface area contributed by atoms with Crippen LogP contribution in [-0.2, 0) is 0 Å². The van der Waals surface area contributed by atoms with Gasteiger partial charge in [-0.25, -0.2) is 4.98 Å². The molecule has 0 spiro atoms. The largest absolute Gasteiger partial charge is 0.492 e. The van der Waals surface area contributed by atoms with Crippen molar-refractivity contribution in [3.05, 3.63) is 60.7 Å². The first-order valence-electron chi connectivity index (χ1n) is 6.89. The topological polar surface area (TPSA) is 60.2 Å². The predicted octanol–water partition coefficient (Wildman–Crippen LogP) is 3.31. The number of fused-ring (bicyclic) bond motifs is 1. The summed E-state index contributed by atoms with van der Waals surface area (Å²) in [5.74, 6) is 1.67. The van der Waals surface area contributed by atoms with E-state index < -0.39 is 0 Å². The number of ether oxygens (including phenoxy) is 1. The number of para-hydroxylation sites is 1. The van der Waals surface area contributed by atoms with E-state index in [1.807, 2.05) is 48.5 Å². The van der Waals surface area contributed by atoms with Crippen LogP contribution in [0.15, 0.2) is 60.7 Å². The summed E-state index contributed by atoms with van der Waals surface area (Å²) < 4.78 is 5.62. The Bertz CT molecular complexity index is 725. The van der Waals surface area contributed by atoms with E-state index in [-0.39, 0.29) is 0 Å². The molecule has 0 saturated carbocycles. The normalized spacial score (nSPS) is 10.5. The van der Waals surface area contributed by atoms with Gasteiger partial charge in [0.1, 0.15) is 18.2 Å². The molecule has 0 bridgehead atoms. The van der Waals surface area contributed by atoms with Gasteiger partial charge in [-0.1, -0.05) is 18.2 Å². The minimum Gasteiger partial charge on any atom is -0.492 e. The molecule has 4 nitrogen and oxygen atoms in total. The van der Waals surface area contributed by atoms with Crippen molar-refractivity contribution >= 4 is 22.4 Å². The van der Waals surface area contributed by atoms with Gasteiger partial charge in [-0.05, 0) is 42.5 Å². The molecule has 0 atom stereocenters. The number of pyridine rings is 1. The maximum atomic E-state index is 5.63. The van der Waals surface area contributed by atoms with Gasteiger partial charge in [0, 0.05) is 11.1 Å². The monoisotopic (exact) mass is 279 g/mol. The van der Waals surface area contributed by atoms with Crippen molar-refractivity contribution in [1.29, 1.82) is 0 Å². The second-order valence-corrected chi connectivity index (χ2v) is 4.73. The van der Waals surface area contributed by atoms with E-state index in [1.165, 1.54) is 0 Å². The van der Waals surface area contributed by atoms with Crippen molar-refractivity contribution in [3.63, 3.8) is 0 Å². The third kappa shape index (κ3) is 3.42. The summed E-state index contributed by atoms with van der Waals surface area (Å²) >= 11 is 0. The highest BCUT2D eigenvalue weighted by Gasteiger charge is 1.98. The minimum atomic E-state index is 0.568. The number of hydrogen-bond acceptors (Lipinski definition) is 4. The number of nitrogen functional groups attached to an aromatic ring is 1. The van der Waals surface area contributed by atoms with E-state index in [2.05, 4.69) is 22.4 Å². The van der Waals surface area contributed by atoms with Crippen LogP contribution >= 0.6 is 0 Å². The Morgan fingerprint density at radius 3 is 2.62 bits per heavy atom. The Morgan fingerprint density at radius 2 is 1.76 bits per heavy atom. The summed E-state index contributed by atoms with van der Waals surface area (Å²) in [6, 6.07) is 19.5. The number of nitrogens with zero attached hydrogens (tertiary/aromatic N) is 1. The molecule has 0 aliphatic heterocycles. The molecular formula is C17H17N3O. The number of benzene rings is 2. The fourth-order valence-electron chi connectivity index (χ4n) is 2.08. The van der Waals surface area contributed by atoms with Gasteiger partial charge in [0.25, 0.3) is 0 Å². The molecule has 3 rings (SSSR count). The molecule has 0 aliphatic carbocycles. The number of nitrogens with two attached hydrogens (primary N) is 1. The molecular weight excluding hydrogens is 262 g/mol. The summed E-state index contributed by atoms with van der Waals surface area (Å²) in [7, 11) is 0. The Hall–Kier alpha value is -2.75. The Kier molecular flexibility index (Phi) is 3.87. The standard InChI is InChI=1S/C17H17N3O/c18-14-6-8-15(9-7-14)21-12-11-19-17-10-5-13-3-1-2-4-16(13)20-17/h1-10H,11-12,18H2,(H,19,20). The molecule has 0 unspecified atom stereocenters. The SMILES string of the molecule is Nc1ccc(OCCNc2ccc3ccccc3n2)cc1. The molecule has 2 aromatic carbocycles. The third-order valence-electron chi connectivity index (χ3n) is 3.16. The molecule has 0 fully saturated rings. The first kappa shape index (κ1) is 13.2. The van der Waals surface area contributed by atoms with Gasteiger partial charge in [-0.15, -0.1) is 0 Å². The molecule has 21 heavy (non-hydrogen) atoms. The minimum absolute atomic E-state index is 0.568. The van der Waals surface area contributed by atoms with E-state index in [1.54, 1.807) is 0 Å². The number of aromatic nitrogens is 1. The number of nitrogens with one attached hydrogen (secondary N) is 1. The lowest BCUT2D eigenvalue weighted by molar-refractivity contribution is 0.333. The van der Waals surface area contributed by atoms with Crippen LogP contribution in [0.2, 0.25) is 0 Å². The van der Waals surface area contributed by atoms with E-state index in [0.717, 1.165) is 28.2 Å². The molecule has 1 aromatic heterocycles. The van der Waals surface area contributed by atoms with Gasteiger partial charge >= 0.3 is 0 Å². The second kappa shape index (κ2) is 6.13.